The Kier molecular flexibility index (Phi) is 7.06. The summed E-state index contributed by atoms with van der Waals surface area (Å²) in [6, 6.07) is 0. The van der Waals surface area contributed by atoms with Crippen molar-refractivity contribution in [3.8, 4) is 0 Å². The van der Waals surface area contributed by atoms with Crippen LogP contribution < -0.4 is 0 Å². The molecule has 0 spiro atoms. The molecule has 1 fully saturated rings. The van der Waals surface area contributed by atoms with Crippen LogP contribution in [0.1, 0.15) is 48.0 Å². The van der Waals surface area contributed by atoms with E-state index in [2.05, 4.69) is 0 Å². The van der Waals surface area contributed by atoms with E-state index in [0.29, 0.717) is 6.42 Å². The van der Waals surface area contributed by atoms with Gasteiger partial charge in [0.1, 0.15) is 5.60 Å². The smallest absolute Gasteiger partial charge is 0.333 e. The lowest BCUT2D eigenvalue weighted by Gasteiger charge is -2.26. The van der Waals surface area contributed by atoms with Gasteiger partial charge in [0.2, 0.25) is 0 Å². The van der Waals surface area contributed by atoms with Gasteiger partial charge in [-0.05, 0) is 48.0 Å². The van der Waals surface area contributed by atoms with Gasteiger partial charge in [-0.25, -0.2) is 0 Å². The summed E-state index contributed by atoms with van der Waals surface area (Å²) < 4.78 is 34.5. The highest BCUT2D eigenvalue weighted by Gasteiger charge is 2.44. The molecule has 0 amide bonds. The van der Waals surface area contributed by atoms with Gasteiger partial charge in [-0.3, -0.25) is 9.36 Å². The van der Waals surface area contributed by atoms with Crippen molar-refractivity contribution in [3.05, 3.63) is 0 Å². The third-order valence-electron chi connectivity index (χ3n) is 3.21. The van der Waals surface area contributed by atoms with E-state index in [4.69, 9.17) is 18.5 Å². The van der Waals surface area contributed by atoms with E-state index in [9.17, 15) is 9.36 Å². The van der Waals surface area contributed by atoms with Crippen molar-refractivity contribution in [1.82, 2.24) is 0 Å². The highest BCUT2D eigenvalue weighted by atomic mass is 31.2. The second kappa shape index (κ2) is 7.91. The van der Waals surface area contributed by atoms with Crippen LogP contribution in [0.3, 0.4) is 0 Å². The molecule has 0 aromatic carbocycles. The summed E-state index contributed by atoms with van der Waals surface area (Å²) in [5.41, 5.74) is -0.559. The maximum Gasteiger partial charge on any atom is 0.333 e. The van der Waals surface area contributed by atoms with Crippen LogP contribution in [-0.4, -0.2) is 43.2 Å². The lowest BCUT2D eigenvalue weighted by Crippen LogP contribution is -2.34. The molecule has 0 bridgehead atoms. The minimum atomic E-state index is -3.26. The molecule has 6 nitrogen and oxygen atoms in total. The van der Waals surface area contributed by atoms with Crippen LogP contribution in [0.2, 0.25) is 0 Å². The monoisotopic (exact) mass is 336 g/mol. The standard InChI is InChI=1S/C15H29O6P/c1-7-18-22(17,19-8-2)10-13-12(9-11(3)20-13)14(16)21-15(4,5)6/h11-13H,7-10H2,1-6H3/t11?,12-,13-/m1/s1. The number of carbonyl (C=O) groups is 1. The normalized spacial score (nSPS) is 26.2. The fourth-order valence-corrected chi connectivity index (χ4v) is 4.36. The fraction of sp³-hybridized carbons (Fsp3) is 0.933. The number of hydrogen-bond acceptors (Lipinski definition) is 6. The van der Waals surface area contributed by atoms with Crippen molar-refractivity contribution in [2.45, 2.75) is 65.8 Å². The number of rotatable bonds is 7. The van der Waals surface area contributed by atoms with Crippen LogP contribution in [0.25, 0.3) is 0 Å². The van der Waals surface area contributed by atoms with E-state index in [1.807, 2.05) is 27.7 Å². The second-order valence-electron chi connectivity index (χ2n) is 6.49. The van der Waals surface area contributed by atoms with Crippen LogP contribution in [-0.2, 0) is 27.9 Å². The molecule has 0 aromatic rings. The Balaban J connectivity index is 2.81. The molecule has 130 valence electrons. The molecule has 1 aliphatic heterocycles. The minimum Gasteiger partial charge on any atom is -0.460 e. The molecule has 3 atom stereocenters. The largest absolute Gasteiger partial charge is 0.460 e. The minimum absolute atomic E-state index is 0.0724. The zero-order chi connectivity index (χ0) is 17.0. The molecule has 22 heavy (non-hydrogen) atoms. The molecule has 1 unspecified atom stereocenters. The fourth-order valence-electron chi connectivity index (χ4n) is 2.51. The van der Waals surface area contributed by atoms with Crippen LogP contribution in [0, 0.1) is 5.92 Å². The maximum absolute atomic E-state index is 12.7. The molecular formula is C15H29O6P. The average Bonchev–Trinajstić information content (AvgIpc) is 2.68. The zero-order valence-electron chi connectivity index (χ0n) is 14.5. The summed E-state index contributed by atoms with van der Waals surface area (Å²) in [5, 5.41) is 0. The van der Waals surface area contributed by atoms with E-state index >= 15 is 0 Å². The van der Waals surface area contributed by atoms with E-state index in [0.717, 1.165) is 0 Å². The van der Waals surface area contributed by atoms with Crippen molar-refractivity contribution < 1.29 is 27.9 Å². The summed E-state index contributed by atoms with van der Waals surface area (Å²) in [6.45, 7) is 11.5. The molecule has 0 aromatic heterocycles. The lowest BCUT2D eigenvalue weighted by molar-refractivity contribution is -0.161. The van der Waals surface area contributed by atoms with Crippen molar-refractivity contribution in [1.29, 1.82) is 0 Å². The van der Waals surface area contributed by atoms with Crippen LogP contribution in [0.4, 0.5) is 0 Å². The third kappa shape index (κ3) is 5.99. The van der Waals surface area contributed by atoms with Crippen LogP contribution >= 0.6 is 7.60 Å². The van der Waals surface area contributed by atoms with E-state index in [1.165, 1.54) is 0 Å². The first-order valence-electron chi connectivity index (χ1n) is 7.86. The Hall–Kier alpha value is -0.420. The van der Waals surface area contributed by atoms with E-state index in [1.54, 1.807) is 13.8 Å². The number of carbonyl (C=O) groups excluding carboxylic acids is 1. The maximum atomic E-state index is 12.7. The zero-order valence-corrected chi connectivity index (χ0v) is 15.4. The van der Waals surface area contributed by atoms with Gasteiger partial charge in [0.15, 0.2) is 0 Å². The third-order valence-corrected chi connectivity index (χ3v) is 5.32. The summed E-state index contributed by atoms with van der Waals surface area (Å²) in [4.78, 5) is 12.3. The molecule has 0 radical (unpaired) electrons. The van der Waals surface area contributed by atoms with Gasteiger partial charge in [0.05, 0.1) is 37.5 Å². The predicted molar refractivity (Wildman–Crippen MR) is 84.0 cm³/mol. The molecule has 0 N–H and O–H groups in total. The second-order valence-corrected chi connectivity index (χ2v) is 8.59. The first-order valence-corrected chi connectivity index (χ1v) is 9.59. The highest BCUT2D eigenvalue weighted by molar-refractivity contribution is 7.53. The molecule has 0 aliphatic carbocycles. The molecule has 1 saturated heterocycles. The number of hydrogen-bond donors (Lipinski definition) is 0. The molecule has 1 heterocycles. The Bertz CT molecular complexity index is 407. The van der Waals surface area contributed by atoms with Crippen LogP contribution in [0.15, 0.2) is 0 Å². The van der Waals surface area contributed by atoms with Gasteiger partial charge in [0, 0.05) is 0 Å². The van der Waals surface area contributed by atoms with Gasteiger partial charge in [-0.2, -0.15) is 0 Å². The topological polar surface area (TPSA) is 71.1 Å². The van der Waals surface area contributed by atoms with Gasteiger partial charge < -0.3 is 18.5 Å². The first-order chi connectivity index (χ1) is 10.1. The Morgan fingerprint density at radius 1 is 1.23 bits per heavy atom. The Labute approximate surface area is 133 Å². The molecule has 1 rings (SSSR count). The van der Waals surface area contributed by atoms with Crippen LogP contribution in [0.5, 0.6) is 0 Å². The molecule has 7 heteroatoms. The molecular weight excluding hydrogens is 307 g/mol. The Morgan fingerprint density at radius 2 is 1.77 bits per heavy atom. The molecule has 0 saturated carbocycles. The van der Waals surface area contributed by atoms with Gasteiger partial charge >= 0.3 is 13.6 Å². The van der Waals surface area contributed by atoms with Crippen molar-refractivity contribution in [3.63, 3.8) is 0 Å². The lowest BCUT2D eigenvalue weighted by atomic mass is 10.0. The summed E-state index contributed by atoms with van der Waals surface area (Å²) in [5.74, 6) is -0.759. The average molecular weight is 336 g/mol. The number of esters is 1. The van der Waals surface area contributed by atoms with Gasteiger partial charge in [-0.15, -0.1) is 0 Å². The van der Waals surface area contributed by atoms with Crippen molar-refractivity contribution >= 4 is 13.6 Å². The summed E-state index contributed by atoms with van der Waals surface area (Å²) in [7, 11) is -3.26. The van der Waals surface area contributed by atoms with Crippen molar-refractivity contribution in [2.24, 2.45) is 5.92 Å². The van der Waals surface area contributed by atoms with E-state index < -0.39 is 25.2 Å². The SMILES string of the molecule is CCOP(=O)(C[C@H]1OC(C)C[C@H]1C(=O)OC(C)(C)C)OCC. The molecule has 1 aliphatic rings. The van der Waals surface area contributed by atoms with Crippen molar-refractivity contribution in [2.75, 3.05) is 19.4 Å². The van der Waals surface area contributed by atoms with E-state index in [-0.39, 0.29) is 31.4 Å². The first kappa shape index (κ1) is 19.6. The predicted octanol–water partition coefficient (Wildman–Crippen LogP) is 3.39. The number of ether oxygens (including phenoxy) is 2. The Morgan fingerprint density at radius 3 is 2.23 bits per heavy atom. The summed E-state index contributed by atoms with van der Waals surface area (Å²) >= 11 is 0. The highest BCUT2D eigenvalue weighted by Crippen LogP contribution is 2.51. The summed E-state index contributed by atoms with van der Waals surface area (Å²) in [6.07, 6.45) is 0.0359. The van der Waals surface area contributed by atoms with Gasteiger partial charge in [0.25, 0.3) is 0 Å². The van der Waals surface area contributed by atoms with Gasteiger partial charge in [-0.1, -0.05) is 0 Å². The quantitative estimate of drug-likeness (QED) is 0.524.